The highest BCUT2D eigenvalue weighted by molar-refractivity contribution is 5.80. The van der Waals surface area contributed by atoms with Gasteiger partial charge in [-0.15, -0.1) is 0 Å². The van der Waals surface area contributed by atoms with Crippen LogP contribution in [0.1, 0.15) is 0 Å². The zero-order chi connectivity index (χ0) is 11.8. The van der Waals surface area contributed by atoms with E-state index in [1.807, 2.05) is 18.1 Å². The first kappa shape index (κ1) is 11.8. The SMILES string of the molecule is C/N=C(\NC#N)NCCN(C)c1ncc[nH]1. The summed E-state index contributed by atoms with van der Waals surface area (Å²) in [7, 11) is 3.55. The average Bonchev–Trinajstić information content (AvgIpc) is 2.81. The van der Waals surface area contributed by atoms with Gasteiger partial charge in [-0.2, -0.15) is 5.26 Å². The number of imidazole rings is 1. The molecule has 3 N–H and O–H groups in total. The van der Waals surface area contributed by atoms with Crippen LogP contribution in [-0.2, 0) is 0 Å². The van der Waals surface area contributed by atoms with Crippen LogP contribution in [0.5, 0.6) is 0 Å². The molecule has 1 heterocycles. The minimum atomic E-state index is 0.468. The molecule has 0 spiro atoms. The minimum absolute atomic E-state index is 0.468. The zero-order valence-electron chi connectivity index (χ0n) is 9.36. The van der Waals surface area contributed by atoms with Crippen molar-refractivity contribution in [3.05, 3.63) is 12.4 Å². The lowest BCUT2D eigenvalue weighted by Crippen LogP contribution is -2.39. The van der Waals surface area contributed by atoms with E-state index in [4.69, 9.17) is 5.26 Å². The molecular formula is C9H15N7. The Morgan fingerprint density at radius 1 is 1.75 bits per heavy atom. The molecule has 86 valence electrons. The smallest absolute Gasteiger partial charge is 0.204 e. The molecule has 16 heavy (non-hydrogen) atoms. The van der Waals surface area contributed by atoms with Crippen LogP contribution in [0.15, 0.2) is 17.4 Å². The lowest BCUT2D eigenvalue weighted by molar-refractivity contribution is 0.793. The van der Waals surface area contributed by atoms with Crippen LogP contribution in [0.4, 0.5) is 5.95 Å². The fraction of sp³-hybridized carbons (Fsp3) is 0.444. The predicted molar refractivity (Wildman–Crippen MR) is 62.0 cm³/mol. The number of aromatic nitrogens is 2. The predicted octanol–water partition coefficient (Wildman–Crippen LogP) is -0.508. The van der Waals surface area contributed by atoms with E-state index in [9.17, 15) is 0 Å². The number of anilines is 1. The number of hydrogen-bond donors (Lipinski definition) is 3. The summed E-state index contributed by atoms with van der Waals surface area (Å²) < 4.78 is 0. The fourth-order valence-electron chi connectivity index (χ4n) is 1.15. The topological polar surface area (TPSA) is 92.1 Å². The number of nitrogens with one attached hydrogen (secondary N) is 3. The maximum absolute atomic E-state index is 8.42. The Labute approximate surface area is 94.2 Å². The number of aromatic amines is 1. The summed E-state index contributed by atoms with van der Waals surface area (Å²) in [4.78, 5) is 13.0. The van der Waals surface area contributed by atoms with Gasteiger partial charge in [-0.1, -0.05) is 0 Å². The molecule has 0 saturated heterocycles. The first-order chi connectivity index (χ1) is 7.77. The van der Waals surface area contributed by atoms with Crippen LogP contribution < -0.4 is 15.5 Å². The highest BCUT2D eigenvalue weighted by Gasteiger charge is 2.02. The molecule has 0 aromatic carbocycles. The Bertz CT molecular complexity index is 362. The molecule has 0 unspecified atom stereocenters. The van der Waals surface area contributed by atoms with Gasteiger partial charge in [0.05, 0.1) is 0 Å². The third-order valence-corrected chi connectivity index (χ3v) is 1.98. The van der Waals surface area contributed by atoms with Crippen LogP contribution in [0.2, 0.25) is 0 Å². The molecule has 0 atom stereocenters. The maximum atomic E-state index is 8.42. The molecule has 1 rings (SSSR count). The van der Waals surface area contributed by atoms with Crippen molar-refractivity contribution >= 4 is 11.9 Å². The Morgan fingerprint density at radius 2 is 2.56 bits per heavy atom. The van der Waals surface area contributed by atoms with Crippen molar-refractivity contribution in [2.75, 3.05) is 32.1 Å². The van der Waals surface area contributed by atoms with E-state index in [0.29, 0.717) is 12.5 Å². The van der Waals surface area contributed by atoms with Gasteiger partial charge in [0.1, 0.15) is 0 Å². The molecule has 1 aromatic heterocycles. The molecule has 0 aliphatic heterocycles. The second-order valence-electron chi connectivity index (χ2n) is 3.07. The molecule has 0 bridgehead atoms. The van der Waals surface area contributed by atoms with E-state index in [-0.39, 0.29) is 0 Å². The summed E-state index contributed by atoms with van der Waals surface area (Å²) in [5.74, 6) is 1.28. The van der Waals surface area contributed by atoms with Crippen molar-refractivity contribution in [1.82, 2.24) is 20.6 Å². The lowest BCUT2D eigenvalue weighted by Gasteiger charge is -2.16. The summed E-state index contributed by atoms with van der Waals surface area (Å²) in [5, 5.41) is 13.9. The van der Waals surface area contributed by atoms with Gasteiger partial charge in [0, 0.05) is 39.6 Å². The first-order valence-corrected chi connectivity index (χ1v) is 4.84. The fourth-order valence-corrected chi connectivity index (χ4v) is 1.15. The standard InChI is InChI=1S/C9H15N7/c1-11-8(15-7-10)12-5-6-16(2)9-13-3-4-14-9/h3-4H,5-6H2,1-2H3,(H,13,14)(H2,11,12,15). The quantitative estimate of drug-likeness (QED) is 0.276. The number of nitriles is 1. The Balaban J connectivity index is 2.28. The molecule has 0 aliphatic carbocycles. The van der Waals surface area contributed by atoms with Gasteiger partial charge in [-0.3, -0.25) is 10.3 Å². The highest BCUT2D eigenvalue weighted by Crippen LogP contribution is 2.00. The Hall–Kier alpha value is -2.23. The Kier molecular flexibility index (Phi) is 4.66. The number of likely N-dealkylation sites (N-methyl/N-ethyl adjacent to an activating group) is 1. The zero-order valence-corrected chi connectivity index (χ0v) is 9.36. The third-order valence-electron chi connectivity index (χ3n) is 1.98. The van der Waals surface area contributed by atoms with Gasteiger partial charge in [-0.25, -0.2) is 4.98 Å². The van der Waals surface area contributed by atoms with E-state index < -0.39 is 0 Å². The normalized spacial score (nSPS) is 10.7. The average molecular weight is 221 g/mol. The summed E-state index contributed by atoms with van der Waals surface area (Å²) in [6.07, 6.45) is 5.29. The van der Waals surface area contributed by atoms with E-state index in [2.05, 4.69) is 25.6 Å². The van der Waals surface area contributed by atoms with E-state index in [1.54, 1.807) is 19.4 Å². The van der Waals surface area contributed by atoms with Gasteiger partial charge < -0.3 is 15.2 Å². The number of hydrogen-bond acceptors (Lipinski definition) is 4. The number of guanidine groups is 1. The molecule has 0 aliphatic rings. The third kappa shape index (κ3) is 3.49. The van der Waals surface area contributed by atoms with Crippen LogP contribution in [0.25, 0.3) is 0 Å². The van der Waals surface area contributed by atoms with Gasteiger partial charge in [0.2, 0.25) is 11.9 Å². The minimum Gasteiger partial charge on any atom is -0.354 e. The molecule has 0 fully saturated rings. The molecular weight excluding hydrogens is 206 g/mol. The largest absolute Gasteiger partial charge is 0.354 e. The molecule has 7 nitrogen and oxygen atoms in total. The van der Waals surface area contributed by atoms with Crippen LogP contribution >= 0.6 is 0 Å². The molecule has 0 saturated carbocycles. The first-order valence-electron chi connectivity index (χ1n) is 4.84. The number of rotatable bonds is 4. The van der Waals surface area contributed by atoms with Gasteiger partial charge in [0.15, 0.2) is 6.19 Å². The van der Waals surface area contributed by atoms with Crippen molar-refractivity contribution in [2.45, 2.75) is 0 Å². The summed E-state index contributed by atoms with van der Waals surface area (Å²) in [6, 6.07) is 0. The van der Waals surface area contributed by atoms with E-state index in [0.717, 1.165) is 12.5 Å². The van der Waals surface area contributed by atoms with Gasteiger partial charge in [-0.05, 0) is 0 Å². The van der Waals surface area contributed by atoms with Crippen molar-refractivity contribution in [3.63, 3.8) is 0 Å². The van der Waals surface area contributed by atoms with Crippen molar-refractivity contribution in [3.8, 4) is 6.19 Å². The van der Waals surface area contributed by atoms with Gasteiger partial charge in [0.25, 0.3) is 0 Å². The number of aliphatic imine (C=N–C) groups is 1. The monoisotopic (exact) mass is 221 g/mol. The Morgan fingerprint density at radius 3 is 3.12 bits per heavy atom. The van der Waals surface area contributed by atoms with Crippen LogP contribution in [-0.4, -0.2) is 43.1 Å². The van der Waals surface area contributed by atoms with Crippen LogP contribution in [0, 0.1) is 11.5 Å². The van der Waals surface area contributed by atoms with Crippen LogP contribution in [0.3, 0.4) is 0 Å². The molecule has 1 aromatic rings. The van der Waals surface area contributed by atoms with Crippen molar-refractivity contribution < 1.29 is 0 Å². The van der Waals surface area contributed by atoms with Crippen molar-refractivity contribution in [1.29, 1.82) is 5.26 Å². The second kappa shape index (κ2) is 6.29. The highest BCUT2D eigenvalue weighted by atomic mass is 15.3. The lowest BCUT2D eigenvalue weighted by atomic mass is 10.5. The maximum Gasteiger partial charge on any atom is 0.204 e. The number of H-pyrrole nitrogens is 1. The number of nitrogens with zero attached hydrogens (tertiary/aromatic N) is 4. The molecule has 0 radical (unpaired) electrons. The summed E-state index contributed by atoms with van der Waals surface area (Å²) >= 11 is 0. The van der Waals surface area contributed by atoms with E-state index in [1.165, 1.54) is 0 Å². The van der Waals surface area contributed by atoms with E-state index >= 15 is 0 Å². The summed E-state index contributed by atoms with van der Waals surface area (Å²) in [5.41, 5.74) is 0. The molecule has 0 amide bonds. The van der Waals surface area contributed by atoms with Crippen molar-refractivity contribution in [2.24, 2.45) is 4.99 Å². The summed E-state index contributed by atoms with van der Waals surface area (Å²) in [6.45, 7) is 1.41. The second-order valence-corrected chi connectivity index (χ2v) is 3.07. The molecule has 7 heteroatoms. The van der Waals surface area contributed by atoms with Gasteiger partial charge >= 0.3 is 0 Å².